The third-order valence-electron chi connectivity index (χ3n) is 7.34. The van der Waals surface area contributed by atoms with Gasteiger partial charge >= 0.3 is 0 Å². The van der Waals surface area contributed by atoms with Gasteiger partial charge in [-0.2, -0.15) is 0 Å². The van der Waals surface area contributed by atoms with Gasteiger partial charge < -0.3 is 4.90 Å². The lowest BCUT2D eigenvalue weighted by Gasteiger charge is -2.26. The fourth-order valence-corrected chi connectivity index (χ4v) is 5.21. The molecule has 0 aliphatic heterocycles. The predicted molar refractivity (Wildman–Crippen MR) is 164 cm³/mol. The van der Waals surface area contributed by atoms with Crippen molar-refractivity contribution in [2.45, 2.75) is 20.8 Å². The molecule has 1 heteroatoms. The molecule has 0 saturated heterocycles. The Kier molecular flexibility index (Phi) is 6.27. The molecule has 5 aromatic rings. The van der Waals surface area contributed by atoms with Gasteiger partial charge in [-0.15, -0.1) is 0 Å². The summed E-state index contributed by atoms with van der Waals surface area (Å²) in [7, 11) is 0. The highest BCUT2D eigenvalue weighted by Crippen LogP contribution is 2.38. The van der Waals surface area contributed by atoms with Gasteiger partial charge in [0.05, 0.1) is 0 Å². The van der Waals surface area contributed by atoms with Gasteiger partial charge in [-0.05, 0) is 102 Å². The number of rotatable bonds is 4. The standard InChI is InChI=1S/C37H31N/c1-26-12-19-32(20-13-26)38(33-21-14-27(2)15-22-33)34-23-18-31(28(3)24-34)25-37-35-10-6-4-8-29(35)16-17-30-9-5-7-11-36(30)37/h4-25H,1-3H3. The van der Waals surface area contributed by atoms with E-state index in [1.807, 2.05) is 0 Å². The second-order valence-corrected chi connectivity index (χ2v) is 10.1. The van der Waals surface area contributed by atoms with Gasteiger partial charge in [-0.3, -0.25) is 0 Å². The molecular formula is C37H31N. The maximum atomic E-state index is 2.35. The van der Waals surface area contributed by atoms with Crippen LogP contribution in [0.1, 0.15) is 44.5 Å². The number of nitrogens with zero attached hydrogens (tertiary/aromatic N) is 1. The van der Waals surface area contributed by atoms with Crippen LogP contribution in [0.3, 0.4) is 0 Å². The first-order valence-corrected chi connectivity index (χ1v) is 13.2. The minimum absolute atomic E-state index is 1.15. The molecule has 5 aromatic carbocycles. The second kappa shape index (κ2) is 10.0. The van der Waals surface area contributed by atoms with E-state index in [1.54, 1.807) is 0 Å². The van der Waals surface area contributed by atoms with Gasteiger partial charge in [0.1, 0.15) is 0 Å². The van der Waals surface area contributed by atoms with Crippen LogP contribution >= 0.6 is 0 Å². The smallest absolute Gasteiger partial charge is 0.0464 e. The van der Waals surface area contributed by atoms with Crippen molar-refractivity contribution in [2.75, 3.05) is 4.90 Å². The average molecular weight is 490 g/mol. The van der Waals surface area contributed by atoms with Crippen molar-refractivity contribution in [3.05, 3.63) is 160 Å². The van der Waals surface area contributed by atoms with Crippen molar-refractivity contribution in [1.29, 1.82) is 0 Å². The van der Waals surface area contributed by atoms with Gasteiger partial charge in [0.25, 0.3) is 0 Å². The van der Waals surface area contributed by atoms with Crippen molar-refractivity contribution < 1.29 is 0 Å². The van der Waals surface area contributed by atoms with Crippen LogP contribution < -0.4 is 4.90 Å². The molecule has 1 aliphatic rings. The van der Waals surface area contributed by atoms with E-state index >= 15 is 0 Å². The number of hydrogen-bond acceptors (Lipinski definition) is 1. The zero-order valence-electron chi connectivity index (χ0n) is 22.1. The molecule has 0 amide bonds. The van der Waals surface area contributed by atoms with Crippen molar-refractivity contribution in [3.63, 3.8) is 0 Å². The molecule has 1 nitrogen and oxygen atoms in total. The summed E-state index contributed by atoms with van der Waals surface area (Å²) in [5.41, 5.74) is 14.7. The maximum absolute atomic E-state index is 2.35. The molecule has 6 rings (SSSR count). The number of aryl methyl sites for hydroxylation is 3. The molecule has 184 valence electrons. The Morgan fingerprint density at radius 2 is 0.974 bits per heavy atom. The topological polar surface area (TPSA) is 3.24 Å². The van der Waals surface area contributed by atoms with Crippen LogP contribution in [-0.2, 0) is 0 Å². The third kappa shape index (κ3) is 4.60. The first-order chi connectivity index (χ1) is 18.6. The SMILES string of the molecule is Cc1ccc(N(c2ccc(C)cc2)c2ccc(C=C3c4ccccc4C=Cc4ccccc43)c(C)c2)cc1. The summed E-state index contributed by atoms with van der Waals surface area (Å²) in [5.74, 6) is 0. The van der Waals surface area contributed by atoms with Crippen molar-refractivity contribution in [3.8, 4) is 0 Å². The molecule has 0 saturated carbocycles. The van der Waals surface area contributed by atoms with Gasteiger partial charge in [0.15, 0.2) is 0 Å². The van der Waals surface area contributed by atoms with Crippen molar-refractivity contribution in [1.82, 2.24) is 0 Å². The Hall–Kier alpha value is -4.62. The zero-order chi connectivity index (χ0) is 26.1. The fraction of sp³-hybridized carbons (Fsp3) is 0.0811. The van der Waals surface area contributed by atoms with E-state index in [-0.39, 0.29) is 0 Å². The Morgan fingerprint density at radius 3 is 1.47 bits per heavy atom. The van der Waals surface area contributed by atoms with Crippen LogP contribution in [0.25, 0.3) is 23.8 Å². The molecule has 1 aliphatic carbocycles. The van der Waals surface area contributed by atoms with Crippen LogP contribution in [0.4, 0.5) is 17.1 Å². The van der Waals surface area contributed by atoms with Crippen LogP contribution in [0.5, 0.6) is 0 Å². The predicted octanol–water partition coefficient (Wildman–Crippen LogP) is 10.2. The van der Waals surface area contributed by atoms with Crippen LogP contribution in [0.2, 0.25) is 0 Å². The summed E-state index contributed by atoms with van der Waals surface area (Å²) < 4.78 is 0. The summed E-state index contributed by atoms with van der Waals surface area (Å²) in [4.78, 5) is 2.34. The van der Waals surface area contributed by atoms with E-state index in [1.165, 1.54) is 50.1 Å². The molecule has 38 heavy (non-hydrogen) atoms. The second-order valence-electron chi connectivity index (χ2n) is 10.1. The number of benzene rings is 5. The van der Waals surface area contributed by atoms with Crippen LogP contribution in [-0.4, -0.2) is 0 Å². The molecular weight excluding hydrogens is 458 g/mol. The number of fused-ring (bicyclic) bond motifs is 2. The lowest BCUT2D eigenvalue weighted by Crippen LogP contribution is -2.10. The Balaban J connectivity index is 1.47. The van der Waals surface area contributed by atoms with E-state index in [0.717, 1.165) is 17.1 Å². The van der Waals surface area contributed by atoms with Crippen molar-refractivity contribution >= 4 is 40.9 Å². The molecule has 0 heterocycles. The molecule has 0 unspecified atom stereocenters. The highest BCUT2D eigenvalue weighted by Gasteiger charge is 2.17. The summed E-state index contributed by atoms with van der Waals surface area (Å²) >= 11 is 0. The largest absolute Gasteiger partial charge is 0.310 e. The average Bonchev–Trinajstić information content (AvgIpc) is 3.09. The molecule has 0 N–H and O–H groups in total. The lowest BCUT2D eigenvalue weighted by atomic mass is 9.91. The monoisotopic (exact) mass is 489 g/mol. The minimum Gasteiger partial charge on any atom is -0.310 e. The molecule has 0 bridgehead atoms. The van der Waals surface area contributed by atoms with E-state index in [9.17, 15) is 0 Å². The molecule has 0 spiro atoms. The van der Waals surface area contributed by atoms with Gasteiger partial charge in [0.2, 0.25) is 0 Å². The lowest BCUT2D eigenvalue weighted by molar-refractivity contribution is 1.25. The van der Waals surface area contributed by atoms with Gasteiger partial charge in [-0.1, -0.05) is 102 Å². The minimum atomic E-state index is 1.15. The van der Waals surface area contributed by atoms with Crippen LogP contribution in [0, 0.1) is 20.8 Å². The third-order valence-corrected chi connectivity index (χ3v) is 7.34. The Labute approximate surface area is 226 Å². The maximum Gasteiger partial charge on any atom is 0.0464 e. The van der Waals surface area contributed by atoms with Crippen LogP contribution in [0.15, 0.2) is 115 Å². The highest BCUT2D eigenvalue weighted by atomic mass is 15.1. The molecule has 0 aromatic heterocycles. The summed E-state index contributed by atoms with van der Waals surface area (Å²) in [6.07, 6.45) is 6.81. The number of hydrogen-bond donors (Lipinski definition) is 0. The fourth-order valence-electron chi connectivity index (χ4n) is 5.21. The molecule has 0 atom stereocenters. The van der Waals surface area contributed by atoms with E-state index < -0.39 is 0 Å². The van der Waals surface area contributed by atoms with Crippen molar-refractivity contribution in [2.24, 2.45) is 0 Å². The Morgan fingerprint density at radius 1 is 0.500 bits per heavy atom. The molecule has 0 radical (unpaired) electrons. The normalized spacial score (nSPS) is 11.9. The summed E-state index contributed by atoms with van der Waals surface area (Å²) in [6.45, 7) is 6.47. The van der Waals surface area contributed by atoms with E-state index in [4.69, 9.17) is 0 Å². The first kappa shape index (κ1) is 23.8. The quantitative estimate of drug-likeness (QED) is 0.238. The van der Waals surface area contributed by atoms with Gasteiger partial charge in [-0.25, -0.2) is 0 Å². The van der Waals surface area contributed by atoms with E-state index in [2.05, 4.69) is 159 Å². The summed E-state index contributed by atoms with van der Waals surface area (Å²) in [6, 6.07) is 41.7. The van der Waals surface area contributed by atoms with Gasteiger partial charge in [0, 0.05) is 17.1 Å². The Bertz CT molecular complexity index is 1570. The highest BCUT2D eigenvalue weighted by molar-refractivity contribution is 6.00. The molecule has 0 fully saturated rings. The van der Waals surface area contributed by atoms with E-state index in [0.29, 0.717) is 0 Å². The first-order valence-electron chi connectivity index (χ1n) is 13.2. The number of anilines is 3. The zero-order valence-corrected chi connectivity index (χ0v) is 22.1. The summed E-state index contributed by atoms with van der Waals surface area (Å²) in [5, 5.41) is 0.